The average Bonchev–Trinajstić information content (AvgIpc) is 2.42. The lowest BCUT2D eigenvalue weighted by molar-refractivity contribution is -0.111. The standard InChI is InChI=1S/C15H10BrCl2NO/c16-11-4-1-10(2-5-11)3-8-15(20)19-14-9-12(17)6-7-13(14)18/h1-9H,(H,19,20)/b8-3+. The zero-order valence-corrected chi connectivity index (χ0v) is 13.3. The van der Waals surface area contributed by atoms with Crippen molar-refractivity contribution in [2.75, 3.05) is 5.32 Å². The number of rotatable bonds is 3. The first kappa shape index (κ1) is 15.1. The van der Waals surface area contributed by atoms with Crippen molar-refractivity contribution >= 4 is 56.8 Å². The molecule has 0 aliphatic carbocycles. The Morgan fingerprint density at radius 1 is 1.10 bits per heavy atom. The van der Waals surface area contributed by atoms with Crippen molar-refractivity contribution < 1.29 is 4.79 Å². The Balaban J connectivity index is 2.05. The van der Waals surface area contributed by atoms with Crippen molar-refractivity contribution in [1.82, 2.24) is 0 Å². The molecule has 0 heterocycles. The van der Waals surface area contributed by atoms with Crippen LogP contribution in [0, 0.1) is 0 Å². The van der Waals surface area contributed by atoms with Gasteiger partial charge in [0, 0.05) is 15.6 Å². The fourth-order valence-corrected chi connectivity index (χ4v) is 2.11. The molecule has 0 aromatic heterocycles. The normalized spacial score (nSPS) is 10.8. The van der Waals surface area contributed by atoms with Crippen molar-refractivity contribution in [3.8, 4) is 0 Å². The zero-order valence-electron chi connectivity index (χ0n) is 10.2. The highest BCUT2D eigenvalue weighted by molar-refractivity contribution is 9.10. The van der Waals surface area contributed by atoms with E-state index in [1.165, 1.54) is 6.08 Å². The van der Waals surface area contributed by atoms with Crippen molar-refractivity contribution in [2.45, 2.75) is 0 Å². The summed E-state index contributed by atoms with van der Waals surface area (Å²) in [4.78, 5) is 11.8. The molecular formula is C15H10BrCl2NO. The second-order valence-corrected chi connectivity index (χ2v) is 5.76. The van der Waals surface area contributed by atoms with E-state index in [0.717, 1.165) is 10.0 Å². The van der Waals surface area contributed by atoms with E-state index in [1.54, 1.807) is 24.3 Å². The third kappa shape index (κ3) is 4.37. The van der Waals surface area contributed by atoms with Gasteiger partial charge in [0.25, 0.3) is 0 Å². The number of amides is 1. The summed E-state index contributed by atoms with van der Waals surface area (Å²) in [6.07, 6.45) is 3.17. The molecule has 0 fully saturated rings. The van der Waals surface area contributed by atoms with Crippen LogP contribution < -0.4 is 5.32 Å². The van der Waals surface area contributed by atoms with Gasteiger partial charge in [0.15, 0.2) is 0 Å². The highest BCUT2D eigenvalue weighted by Crippen LogP contribution is 2.25. The quantitative estimate of drug-likeness (QED) is 0.719. The highest BCUT2D eigenvalue weighted by Gasteiger charge is 2.03. The molecule has 0 aliphatic rings. The lowest BCUT2D eigenvalue weighted by Gasteiger charge is -2.05. The topological polar surface area (TPSA) is 29.1 Å². The summed E-state index contributed by atoms with van der Waals surface area (Å²) >= 11 is 15.2. The first-order valence-electron chi connectivity index (χ1n) is 5.74. The molecule has 0 aliphatic heterocycles. The molecule has 2 aromatic rings. The molecule has 0 bridgehead atoms. The summed E-state index contributed by atoms with van der Waals surface area (Å²) in [5.41, 5.74) is 1.42. The number of anilines is 1. The SMILES string of the molecule is O=C(/C=C/c1ccc(Br)cc1)Nc1cc(Cl)ccc1Cl. The van der Waals surface area contributed by atoms with Gasteiger partial charge in [-0.15, -0.1) is 0 Å². The Hall–Kier alpha value is -1.29. The van der Waals surface area contributed by atoms with Gasteiger partial charge in [-0.25, -0.2) is 0 Å². The van der Waals surface area contributed by atoms with E-state index in [9.17, 15) is 4.79 Å². The third-order valence-electron chi connectivity index (χ3n) is 2.48. The third-order valence-corrected chi connectivity index (χ3v) is 3.58. The molecule has 2 nitrogen and oxygen atoms in total. The second kappa shape index (κ2) is 6.93. The molecule has 0 radical (unpaired) electrons. The molecule has 1 N–H and O–H groups in total. The summed E-state index contributed by atoms with van der Waals surface area (Å²) in [7, 11) is 0. The Morgan fingerprint density at radius 3 is 2.50 bits per heavy atom. The Labute approximate surface area is 135 Å². The molecule has 20 heavy (non-hydrogen) atoms. The second-order valence-electron chi connectivity index (χ2n) is 4.00. The van der Waals surface area contributed by atoms with E-state index in [4.69, 9.17) is 23.2 Å². The van der Waals surface area contributed by atoms with Gasteiger partial charge in [0.2, 0.25) is 5.91 Å². The van der Waals surface area contributed by atoms with Crippen LogP contribution in [0.2, 0.25) is 10.0 Å². The van der Waals surface area contributed by atoms with E-state index < -0.39 is 0 Å². The number of halogens is 3. The maximum absolute atomic E-state index is 11.8. The van der Waals surface area contributed by atoms with Crippen LogP contribution in [0.1, 0.15) is 5.56 Å². The van der Waals surface area contributed by atoms with E-state index >= 15 is 0 Å². The van der Waals surface area contributed by atoms with Crippen molar-refractivity contribution in [3.05, 3.63) is 68.6 Å². The van der Waals surface area contributed by atoms with Gasteiger partial charge < -0.3 is 5.32 Å². The molecule has 0 unspecified atom stereocenters. The zero-order chi connectivity index (χ0) is 14.5. The van der Waals surface area contributed by atoms with Crippen LogP contribution in [-0.2, 0) is 4.79 Å². The first-order chi connectivity index (χ1) is 9.54. The first-order valence-corrected chi connectivity index (χ1v) is 7.29. The number of hydrogen-bond donors (Lipinski definition) is 1. The molecule has 2 rings (SSSR count). The van der Waals surface area contributed by atoms with Crippen LogP contribution in [0.25, 0.3) is 6.08 Å². The fourth-order valence-electron chi connectivity index (χ4n) is 1.51. The maximum atomic E-state index is 11.8. The van der Waals surface area contributed by atoms with Crippen LogP contribution in [0.3, 0.4) is 0 Å². The largest absolute Gasteiger partial charge is 0.321 e. The van der Waals surface area contributed by atoms with Crippen molar-refractivity contribution in [3.63, 3.8) is 0 Å². The lowest BCUT2D eigenvalue weighted by atomic mass is 10.2. The minimum absolute atomic E-state index is 0.267. The summed E-state index contributed by atoms with van der Waals surface area (Å²) in [6.45, 7) is 0. The number of carbonyl (C=O) groups is 1. The van der Waals surface area contributed by atoms with Gasteiger partial charge >= 0.3 is 0 Å². The van der Waals surface area contributed by atoms with Gasteiger partial charge in [-0.1, -0.05) is 51.3 Å². The van der Waals surface area contributed by atoms with E-state index in [2.05, 4.69) is 21.2 Å². The van der Waals surface area contributed by atoms with E-state index in [1.807, 2.05) is 24.3 Å². The van der Waals surface area contributed by atoms with E-state index in [-0.39, 0.29) is 5.91 Å². The predicted molar refractivity (Wildman–Crippen MR) is 88.3 cm³/mol. The molecule has 0 atom stereocenters. The fraction of sp³-hybridized carbons (Fsp3) is 0. The van der Waals surface area contributed by atoms with Crippen LogP contribution in [0.5, 0.6) is 0 Å². The van der Waals surface area contributed by atoms with Gasteiger partial charge in [-0.2, -0.15) is 0 Å². The molecule has 102 valence electrons. The molecule has 2 aromatic carbocycles. The summed E-state index contributed by atoms with van der Waals surface area (Å²) in [5, 5.41) is 3.64. The molecule has 5 heteroatoms. The summed E-state index contributed by atoms with van der Waals surface area (Å²) in [6, 6.07) is 12.5. The summed E-state index contributed by atoms with van der Waals surface area (Å²) in [5.74, 6) is -0.267. The van der Waals surface area contributed by atoms with Gasteiger partial charge in [0.1, 0.15) is 0 Å². The number of hydrogen-bond acceptors (Lipinski definition) is 1. The van der Waals surface area contributed by atoms with E-state index in [0.29, 0.717) is 15.7 Å². The van der Waals surface area contributed by atoms with Crippen LogP contribution in [0.4, 0.5) is 5.69 Å². The van der Waals surface area contributed by atoms with Gasteiger partial charge in [0.05, 0.1) is 10.7 Å². The summed E-state index contributed by atoms with van der Waals surface area (Å²) < 4.78 is 0.991. The molecule has 0 saturated carbocycles. The van der Waals surface area contributed by atoms with Crippen molar-refractivity contribution in [2.24, 2.45) is 0 Å². The van der Waals surface area contributed by atoms with Crippen LogP contribution in [-0.4, -0.2) is 5.91 Å². The monoisotopic (exact) mass is 369 g/mol. The van der Waals surface area contributed by atoms with Gasteiger partial charge in [-0.3, -0.25) is 4.79 Å². The lowest BCUT2D eigenvalue weighted by Crippen LogP contribution is -2.08. The molecule has 1 amide bonds. The molecule has 0 spiro atoms. The number of carbonyl (C=O) groups excluding carboxylic acids is 1. The Morgan fingerprint density at radius 2 is 1.80 bits per heavy atom. The molecular weight excluding hydrogens is 361 g/mol. The number of nitrogens with one attached hydrogen (secondary N) is 1. The Bertz CT molecular complexity index is 653. The molecule has 0 saturated heterocycles. The minimum Gasteiger partial charge on any atom is -0.321 e. The predicted octanol–water partition coefficient (Wildman–Crippen LogP) is 5.41. The smallest absolute Gasteiger partial charge is 0.248 e. The van der Waals surface area contributed by atoms with Crippen molar-refractivity contribution in [1.29, 1.82) is 0 Å². The Kier molecular flexibility index (Phi) is 5.24. The highest BCUT2D eigenvalue weighted by atomic mass is 79.9. The number of benzene rings is 2. The maximum Gasteiger partial charge on any atom is 0.248 e. The van der Waals surface area contributed by atoms with Crippen LogP contribution >= 0.6 is 39.1 Å². The van der Waals surface area contributed by atoms with Crippen LogP contribution in [0.15, 0.2) is 53.0 Å². The average molecular weight is 371 g/mol. The van der Waals surface area contributed by atoms with Gasteiger partial charge in [-0.05, 0) is 42.0 Å². The minimum atomic E-state index is -0.267.